The van der Waals surface area contributed by atoms with E-state index in [1.807, 2.05) is 0 Å². The third-order valence-corrected chi connectivity index (χ3v) is 2.96. The first-order valence-corrected chi connectivity index (χ1v) is 6.29. The van der Waals surface area contributed by atoms with Crippen LogP contribution in [0.1, 0.15) is 10.6 Å². The Kier molecular flexibility index (Phi) is 3.47. The van der Waals surface area contributed by atoms with Crippen LogP contribution in [-0.4, -0.2) is 10.9 Å². The fourth-order valence-corrected chi connectivity index (χ4v) is 1.96. The first-order chi connectivity index (χ1) is 10.2. The van der Waals surface area contributed by atoms with E-state index in [0.29, 0.717) is 16.8 Å². The Balaban J connectivity index is 1.88. The van der Waals surface area contributed by atoms with Crippen LogP contribution in [-0.2, 0) is 0 Å². The Morgan fingerprint density at radius 2 is 1.76 bits per heavy atom. The van der Waals surface area contributed by atoms with Gasteiger partial charge in [0.25, 0.3) is 5.91 Å². The molecule has 3 aromatic rings. The smallest absolute Gasteiger partial charge is 0.292 e. The highest BCUT2D eigenvalue weighted by Crippen LogP contribution is 2.25. The Hall–Kier alpha value is -2.95. The quantitative estimate of drug-likeness (QED) is 0.796. The summed E-state index contributed by atoms with van der Waals surface area (Å²) < 4.78 is 18.2. The fraction of sp³-hybridized carbons (Fsp3) is 0. The zero-order valence-corrected chi connectivity index (χ0v) is 10.9. The largest absolute Gasteiger partial charge is 0.459 e. The van der Waals surface area contributed by atoms with E-state index in [1.165, 1.54) is 18.4 Å². The molecule has 0 spiro atoms. The molecule has 0 aliphatic heterocycles. The van der Waals surface area contributed by atoms with Crippen LogP contribution in [0.5, 0.6) is 0 Å². The van der Waals surface area contributed by atoms with Gasteiger partial charge in [-0.2, -0.15) is 0 Å². The van der Waals surface area contributed by atoms with E-state index in [1.54, 1.807) is 42.7 Å². The molecule has 4 nitrogen and oxygen atoms in total. The van der Waals surface area contributed by atoms with Crippen LogP contribution in [0.2, 0.25) is 0 Å². The number of nitrogens with zero attached hydrogens (tertiary/aromatic N) is 1. The van der Waals surface area contributed by atoms with Gasteiger partial charge in [-0.05, 0) is 35.9 Å². The molecule has 0 aliphatic rings. The number of pyridine rings is 1. The highest BCUT2D eigenvalue weighted by atomic mass is 19.1. The lowest BCUT2D eigenvalue weighted by Crippen LogP contribution is -2.11. The number of carbonyl (C=O) groups excluding carboxylic acids is 1. The summed E-state index contributed by atoms with van der Waals surface area (Å²) in [5.74, 6) is -0.519. The van der Waals surface area contributed by atoms with Crippen LogP contribution < -0.4 is 5.32 Å². The SMILES string of the molecule is O=C(Nc1ccncc1)c1occc1-c1ccc(F)cc1. The van der Waals surface area contributed by atoms with E-state index in [4.69, 9.17) is 4.42 Å². The molecular weight excluding hydrogens is 271 g/mol. The van der Waals surface area contributed by atoms with Gasteiger partial charge in [0.05, 0.1) is 6.26 Å². The third-order valence-electron chi connectivity index (χ3n) is 2.96. The van der Waals surface area contributed by atoms with Gasteiger partial charge in [-0.3, -0.25) is 9.78 Å². The van der Waals surface area contributed by atoms with Crippen molar-refractivity contribution in [3.8, 4) is 11.1 Å². The molecule has 0 radical (unpaired) electrons. The number of hydrogen-bond donors (Lipinski definition) is 1. The van der Waals surface area contributed by atoms with Crippen molar-refractivity contribution < 1.29 is 13.6 Å². The van der Waals surface area contributed by atoms with Crippen molar-refractivity contribution in [2.45, 2.75) is 0 Å². The summed E-state index contributed by atoms with van der Waals surface area (Å²) >= 11 is 0. The lowest BCUT2D eigenvalue weighted by atomic mass is 10.1. The second-order valence-corrected chi connectivity index (χ2v) is 4.36. The summed E-state index contributed by atoms with van der Waals surface area (Å²) in [5.41, 5.74) is 1.95. The van der Waals surface area contributed by atoms with Gasteiger partial charge in [0, 0.05) is 23.6 Å². The molecule has 0 atom stereocenters. The molecule has 0 bridgehead atoms. The standard InChI is InChI=1S/C16H11FN2O2/c17-12-3-1-11(2-4-12)14-7-10-21-15(14)16(20)19-13-5-8-18-9-6-13/h1-10H,(H,18,19,20). The Morgan fingerprint density at radius 3 is 2.48 bits per heavy atom. The number of aromatic nitrogens is 1. The van der Waals surface area contributed by atoms with Gasteiger partial charge in [-0.15, -0.1) is 0 Å². The van der Waals surface area contributed by atoms with Crippen molar-refractivity contribution in [2.24, 2.45) is 0 Å². The normalized spacial score (nSPS) is 10.3. The maximum atomic E-state index is 13.0. The molecule has 2 aromatic heterocycles. The van der Waals surface area contributed by atoms with Crippen LogP contribution in [0.3, 0.4) is 0 Å². The average Bonchev–Trinajstić information content (AvgIpc) is 2.98. The van der Waals surface area contributed by atoms with Crippen LogP contribution in [0.15, 0.2) is 65.5 Å². The molecule has 0 unspecified atom stereocenters. The van der Waals surface area contributed by atoms with E-state index < -0.39 is 0 Å². The zero-order valence-electron chi connectivity index (χ0n) is 10.9. The number of nitrogens with one attached hydrogen (secondary N) is 1. The number of carbonyl (C=O) groups is 1. The molecular formula is C16H11FN2O2. The number of anilines is 1. The van der Waals surface area contributed by atoms with Gasteiger partial charge in [0.2, 0.25) is 0 Å². The Bertz CT molecular complexity index is 751. The van der Waals surface area contributed by atoms with E-state index >= 15 is 0 Å². The second-order valence-electron chi connectivity index (χ2n) is 4.36. The molecule has 0 aliphatic carbocycles. The van der Waals surface area contributed by atoms with Crippen LogP contribution in [0.4, 0.5) is 10.1 Å². The minimum absolute atomic E-state index is 0.179. The Labute approximate surface area is 120 Å². The molecule has 104 valence electrons. The van der Waals surface area contributed by atoms with Gasteiger partial charge >= 0.3 is 0 Å². The van der Waals surface area contributed by atoms with Gasteiger partial charge in [0.15, 0.2) is 5.76 Å². The monoisotopic (exact) mass is 282 g/mol. The van der Waals surface area contributed by atoms with Gasteiger partial charge in [-0.1, -0.05) is 12.1 Å². The summed E-state index contributed by atoms with van der Waals surface area (Å²) in [6.07, 6.45) is 4.59. The average molecular weight is 282 g/mol. The molecule has 5 heteroatoms. The fourth-order valence-electron chi connectivity index (χ4n) is 1.96. The molecule has 3 rings (SSSR count). The number of furan rings is 1. The number of benzene rings is 1. The molecule has 0 fully saturated rings. The van der Waals surface area contributed by atoms with Crippen molar-refractivity contribution in [3.63, 3.8) is 0 Å². The summed E-state index contributed by atoms with van der Waals surface area (Å²) in [4.78, 5) is 16.1. The maximum absolute atomic E-state index is 13.0. The van der Waals surface area contributed by atoms with Crippen molar-refractivity contribution in [2.75, 3.05) is 5.32 Å². The van der Waals surface area contributed by atoms with E-state index in [-0.39, 0.29) is 17.5 Å². The maximum Gasteiger partial charge on any atom is 0.292 e. The third kappa shape index (κ3) is 2.81. The van der Waals surface area contributed by atoms with Crippen LogP contribution >= 0.6 is 0 Å². The molecule has 1 aromatic carbocycles. The molecule has 2 heterocycles. The minimum Gasteiger partial charge on any atom is -0.459 e. The summed E-state index contributed by atoms with van der Waals surface area (Å²) in [6, 6.07) is 10.9. The molecule has 0 saturated carbocycles. The van der Waals surface area contributed by atoms with Crippen molar-refractivity contribution >= 4 is 11.6 Å². The first-order valence-electron chi connectivity index (χ1n) is 6.29. The van der Waals surface area contributed by atoms with Crippen LogP contribution in [0, 0.1) is 5.82 Å². The molecule has 1 N–H and O–H groups in total. The first kappa shape index (κ1) is 13.1. The number of rotatable bonds is 3. The zero-order chi connectivity index (χ0) is 14.7. The lowest BCUT2D eigenvalue weighted by molar-refractivity contribution is 0.0997. The topological polar surface area (TPSA) is 55.1 Å². The van der Waals surface area contributed by atoms with Gasteiger partial charge in [-0.25, -0.2) is 4.39 Å². The van der Waals surface area contributed by atoms with E-state index in [2.05, 4.69) is 10.3 Å². The van der Waals surface area contributed by atoms with Crippen molar-refractivity contribution in [3.05, 3.63) is 72.7 Å². The van der Waals surface area contributed by atoms with Crippen molar-refractivity contribution in [1.82, 2.24) is 4.98 Å². The molecule has 0 saturated heterocycles. The van der Waals surface area contributed by atoms with E-state index in [0.717, 1.165) is 0 Å². The number of halogens is 1. The number of hydrogen-bond acceptors (Lipinski definition) is 3. The number of amides is 1. The van der Waals surface area contributed by atoms with Crippen molar-refractivity contribution in [1.29, 1.82) is 0 Å². The predicted molar refractivity (Wildman–Crippen MR) is 76.3 cm³/mol. The summed E-state index contributed by atoms with van der Waals surface area (Å²) in [6.45, 7) is 0. The Morgan fingerprint density at radius 1 is 1.05 bits per heavy atom. The molecule has 1 amide bonds. The van der Waals surface area contributed by atoms with E-state index in [9.17, 15) is 9.18 Å². The predicted octanol–water partition coefficient (Wildman–Crippen LogP) is 3.73. The highest BCUT2D eigenvalue weighted by molar-refractivity contribution is 6.06. The molecule has 21 heavy (non-hydrogen) atoms. The lowest BCUT2D eigenvalue weighted by Gasteiger charge is -2.05. The van der Waals surface area contributed by atoms with Gasteiger partial charge in [0.1, 0.15) is 5.82 Å². The van der Waals surface area contributed by atoms with Gasteiger partial charge < -0.3 is 9.73 Å². The van der Waals surface area contributed by atoms with Crippen LogP contribution in [0.25, 0.3) is 11.1 Å². The highest BCUT2D eigenvalue weighted by Gasteiger charge is 2.16. The minimum atomic E-state index is -0.370. The summed E-state index contributed by atoms with van der Waals surface area (Å²) in [7, 11) is 0. The summed E-state index contributed by atoms with van der Waals surface area (Å²) in [5, 5.41) is 2.72. The second kappa shape index (κ2) is 5.58.